The maximum absolute atomic E-state index is 12.4. The standard InChI is InChI=1S/C13H15N3O3S/c1-19-10-7-8-13(12(14)9-10)16(15)20(17,18)11-5-3-2-4-6-11/h2-9H,14-15H2,1H3. The van der Waals surface area contributed by atoms with Gasteiger partial charge in [-0.1, -0.05) is 18.2 Å². The van der Waals surface area contributed by atoms with Crippen molar-refractivity contribution in [2.45, 2.75) is 4.90 Å². The van der Waals surface area contributed by atoms with Crippen molar-refractivity contribution in [2.24, 2.45) is 5.84 Å². The molecule has 0 spiro atoms. The molecule has 0 aliphatic rings. The number of nitrogen functional groups attached to an aromatic ring is 1. The van der Waals surface area contributed by atoms with Crippen LogP contribution < -0.4 is 20.7 Å². The summed E-state index contributed by atoms with van der Waals surface area (Å²) in [7, 11) is -2.35. The Labute approximate surface area is 117 Å². The van der Waals surface area contributed by atoms with Gasteiger partial charge < -0.3 is 10.5 Å². The van der Waals surface area contributed by atoms with Crippen molar-refractivity contribution in [1.82, 2.24) is 0 Å². The first-order valence-electron chi connectivity index (χ1n) is 5.75. The maximum Gasteiger partial charge on any atom is 0.277 e. The van der Waals surface area contributed by atoms with Gasteiger partial charge in [-0.2, -0.15) is 12.8 Å². The summed E-state index contributed by atoms with van der Waals surface area (Å²) in [4.78, 5) is 0.0951. The second-order valence-electron chi connectivity index (χ2n) is 4.04. The highest BCUT2D eigenvalue weighted by molar-refractivity contribution is 7.92. The first-order valence-corrected chi connectivity index (χ1v) is 7.19. The van der Waals surface area contributed by atoms with Crippen molar-refractivity contribution in [3.05, 3.63) is 48.5 Å². The molecule has 0 saturated heterocycles. The zero-order chi connectivity index (χ0) is 14.8. The lowest BCUT2D eigenvalue weighted by atomic mass is 10.2. The van der Waals surface area contributed by atoms with Crippen LogP contribution in [-0.2, 0) is 10.0 Å². The first-order chi connectivity index (χ1) is 9.46. The van der Waals surface area contributed by atoms with Gasteiger partial charge >= 0.3 is 0 Å². The minimum absolute atomic E-state index is 0.0951. The van der Waals surface area contributed by atoms with E-state index in [1.165, 1.54) is 31.4 Å². The lowest BCUT2D eigenvalue weighted by Gasteiger charge is -2.20. The number of hydrogen-bond donors (Lipinski definition) is 2. The SMILES string of the molecule is COc1ccc(N(N)S(=O)(=O)c2ccccc2)c(N)c1. The van der Waals surface area contributed by atoms with Gasteiger partial charge in [0.1, 0.15) is 5.75 Å². The molecule has 0 saturated carbocycles. The zero-order valence-electron chi connectivity index (χ0n) is 10.9. The van der Waals surface area contributed by atoms with Crippen LogP contribution in [0.3, 0.4) is 0 Å². The lowest BCUT2D eigenvalue weighted by Crippen LogP contribution is -2.37. The van der Waals surface area contributed by atoms with Crippen LogP contribution in [0.15, 0.2) is 53.4 Å². The van der Waals surface area contributed by atoms with Gasteiger partial charge in [-0.15, -0.1) is 0 Å². The molecule has 2 aromatic rings. The number of sulfonamides is 1. The number of hydrogen-bond acceptors (Lipinski definition) is 5. The van der Waals surface area contributed by atoms with Crippen LogP contribution in [0.5, 0.6) is 5.75 Å². The quantitative estimate of drug-likeness (QED) is 0.503. The fourth-order valence-corrected chi connectivity index (χ4v) is 2.85. The van der Waals surface area contributed by atoms with Crippen LogP contribution in [0, 0.1) is 0 Å². The number of ether oxygens (including phenoxy) is 1. The van der Waals surface area contributed by atoms with E-state index in [-0.39, 0.29) is 16.3 Å². The predicted octanol–water partition coefficient (Wildman–Crippen LogP) is 1.35. The van der Waals surface area contributed by atoms with Crippen LogP contribution in [0.25, 0.3) is 0 Å². The number of rotatable bonds is 4. The molecule has 0 heterocycles. The number of anilines is 2. The van der Waals surface area contributed by atoms with E-state index >= 15 is 0 Å². The topological polar surface area (TPSA) is 98.6 Å². The molecule has 0 amide bonds. The summed E-state index contributed by atoms with van der Waals surface area (Å²) in [6.07, 6.45) is 0. The van der Waals surface area contributed by atoms with Crippen LogP contribution in [0.4, 0.5) is 11.4 Å². The molecule has 4 N–H and O–H groups in total. The highest BCUT2D eigenvalue weighted by Gasteiger charge is 2.23. The number of nitrogens with zero attached hydrogens (tertiary/aromatic N) is 1. The summed E-state index contributed by atoms with van der Waals surface area (Å²) in [6.45, 7) is 0. The van der Waals surface area contributed by atoms with Crippen molar-refractivity contribution in [3.8, 4) is 5.75 Å². The Morgan fingerprint density at radius 2 is 1.75 bits per heavy atom. The number of methoxy groups -OCH3 is 1. The molecule has 2 rings (SSSR count). The third kappa shape index (κ3) is 2.54. The van der Waals surface area contributed by atoms with E-state index in [4.69, 9.17) is 16.3 Å². The second-order valence-corrected chi connectivity index (χ2v) is 5.85. The van der Waals surface area contributed by atoms with E-state index in [1.807, 2.05) is 0 Å². The number of benzene rings is 2. The van der Waals surface area contributed by atoms with E-state index in [1.54, 1.807) is 24.3 Å². The summed E-state index contributed by atoms with van der Waals surface area (Å²) in [6, 6.07) is 12.5. The van der Waals surface area contributed by atoms with Gasteiger partial charge in [0, 0.05) is 6.07 Å². The fourth-order valence-electron chi connectivity index (χ4n) is 1.70. The van der Waals surface area contributed by atoms with Crippen LogP contribution in [0.2, 0.25) is 0 Å². The molecule has 0 radical (unpaired) electrons. The summed E-state index contributed by atoms with van der Waals surface area (Å²) < 4.78 is 30.4. The normalized spacial score (nSPS) is 11.1. The molecular formula is C13H15N3O3S. The summed E-state index contributed by atoms with van der Waals surface area (Å²) >= 11 is 0. The van der Waals surface area contributed by atoms with Gasteiger partial charge in [-0.3, -0.25) is 0 Å². The van der Waals surface area contributed by atoms with Crippen LogP contribution in [-0.4, -0.2) is 15.5 Å². The molecule has 0 unspecified atom stereocenters. The Balaban J connectivity index is 2.43. The number of hydrazine groups is 1. The van der Waals surface area contributed by atoms with Crippen molar-refractivity contribution < 1.29 is 13.2 Å². The smallest absolute Gasteiger partial charge is 0.277 e. The van der Waals surface area contributed by atoms with E-state index in [2.05, 4.69) is 0 Å². The van der Waals surface area contributed by atoms with Gasteiger partial charge in [0.05, 0.1) is 23.4 Å². The Bertz CT molecular complexity index is 702. The highest BCUT2D eigenvalue weighted by Crippen LogP contribution is 2.29. The molecule has 0 fully saturated rings. The molecule has 2 aromatic carbocycles. The minimum atomic E-state index is -3.84. The van der Waals surface area contributed by atoms with Gasteiger partial charge in [-0.05, 0) is 24.3 Å². The molecule has 20 heavy (non-hydrogen) atoms. The molecular weight excluding hydrogens is 278 g/mol. The molecule has 7 heteroatoms. The molecule has 0 atom stereocenters. The molecule has 0 aliphatic heterocycles. The fraction of sp³-hybridized carbons (Fsp3) is 0.0769. The van der Waals surface area contributed by atoms with Crippen molar-refractivity contribution in [2.75, 3.05) is 17.3 Å². The van der Waals surface area contributed by atoms with Crippen molar-refractivity contribution >= 4 is 21.4 Å². The average molecular weight is 293 g/mol. The molecule has 0 bridgehead atoms. The van der Waals surface area contributed by atoms with Crippen LogP contribution in [0.1, 0.15) is 0 Å². The Morgan fingerprint density at radius 1 is 1.10 bits per heavy atom. The minimum Gasteiger partial charge on any atom is -0.497 e. The van der Waals surface area contributed by atoms with Gasteiger partial charge in [0.2, 0.25) is 0 Å². The largest absolute Gasteiger partial charge is 0.497 e. The molecule has 106 valence electrons. The maximum atomic E-state index is 12.4. The van der Waals surface area contributed by atoms with E-state index < -0.39 is 10.0 Å². The third-order valence-electron chi connectivity index (χ3n) is 2.77. The van der Waals surface area contributed by atoms with Crippen molar-refractivity contribution in [3.63, 3.8) is 0 Å². The Kier molecular flexibility index (Phi) is 3.82. The predicted molar refractivity (Wildman–Crippen MR) is 77.7 cm³/mol. The summed E-state index contributed by atoms with van der Waals surface area (Å²) in [5, 5.41) is 0. The third-order valence-corrected chi connectivity index (χ3v) is 4.35. The molecule has 0 aromatic heterocycles. The second kappa shape index (κ2) is 5.40. The molecule has 0 aliphatic carbocycles. The Hall–Kier alpha value is -2.25. The highest BCUT2D eigenvalue weighted by atomic mass is 32.2. The Morgan fingerprint density at radius 3 is 2.30 bits per heavy atom. The van der Waals surface area contributed by atoms with E-state index in [0.29, 0.717) is 10.2 Å². The monoisotopic (exact) mass is 293 g/mol. The van der Waals surface area contributed by atoms with Crippen LogP contribution >= 0.6 is 0 Å². The summed E-state index contributed by atoms with van der Waals surface area (Å²) in [5.41, 5.74) is 6.21. The van der Waals surface area contributed by atoms with Crippen molar-refractivity contribution in [1.29, 1.82) is 0 Å². The lowest BCUT2D eigenvalue weighted by molar-refractivity contribution is 0.415. The van der Waals surface area contributed by atoms with E-state index in [9.17, 15) is 8.42 Å². The first kappa shape index (κ1) is 14.2. The van der Waals surface area contributed by atoms with Gasteiger partial charge in [0.25, 0.3) is 10.0 Å². The number of nitrogens with two attached hydrogens (primary N) is 2. The summed E-state index contributed by atoms with van der Waals surface area (Å²) in [5.74, 6) is 6.25. The van der Waals surface area contributed by atoms with Gasteiger partial charge in [-0.25, -0.2) is 5.84 Å². The zero-order valence-corrected chi connectivity index (χ0v) is 11.7. The van der Waals surface area contributed by atoms with E-state index in [0.717, 1.165) is 0 Å². The average Bonchev–Trinajstić information content (AvgIpc) is 2.47. The van der Waals surface area contributed by atoms with Gasteiger partial charge in [0.15, 0.2) is 0 Å². The molecule has 6 nitrogen and oxygen atoms in total.